The Balaban J connectivity index is 1.29. The smallest absolute Gasteiger partial charge is 0.223 e. The maximum absolute atomic E-state index is 12.3. The van der Waals surface area contributed by atoms with E-state index in [0.717, 1.165) is 68.7 Å². The first kappa shape index (κ1) is 26.2. The van der Waals surface area contributed by atoms with Crippen LogP contribution in [0.25, 0.3) is 11.0 Å². The number of amides is 1. The van der Waals surface area contributed by atoms with Crippen LogP contribution in [-0.4, -0.2) is 28.6 Å². The number of imidazole rings is 1. The molecule has 1 fully saturated rings. The summed E-state index contributed by atoms with van der Waals surface area (Å²) in [4.78, 5) is 17.3. The summed E-state index contributed by atoms with van der Waals surface area (Å²) >= 11 is 0. The van der Waals surface area contributed by atoms with Crippen LogP contribution in [-0.2, 0) is 17.8 Å². The van der Waals surface area contributed by atoms with E-state index in [-0.39, 0.29) is 11.8 Å². The van der Waals surface area contributed by atoms with Crippen molar-refractivity contribution in [2.24, 2.45) is 5.92 Å². The Morgan fingerprint density at radius 3 is 2.69 bits per heavy atom. The first-order valence-corrected chi connectivity index (χ1v) is 14.0. The number of benzene rings is 2. The summed E-state index contributed by atoms with van der Waals surface area (Å²) in [5.41, 5.74) is 4.69. The van der Waals surface area contributed by atoms with Crippen molar-refractivity contribution in [3.05, 3.63) is 59.4 Å². The molecular weight excluding hydrogens is 446 g/mol. The van der Waals surface area contributed by atoms with Crippen LogP contribution in [0.5, 0.6) is 5.75 Å². The van der Waals surface area contributed by atoms with Crippen molar-refractivity contribution in [1.82, 2.24) is 14.9 Å². The van der Waals surface area contributed by atoms with Gasteiger partial charge in [-0.1, -0.05) is 63.8 Å². The van der Waals surface area contributed by atoms with Crippen molar-refractivity contribution in [3.63, 3.8) is 0 Å². The standard InChI is InChI=1S/C31H43N3O2/c1-23(2)26-18-17-24(3)22-29(26)36-21-20-34-28-15-10-9-14-27(28)33-30(34)16-8-5-11-19-32-31(35)25-12-6-4-7-13-25/h9-10,14-15,17-18,22-23,25H,4-8,11-13,16,19-21H2,1-3H3,(H,32,35). The molecule has 0 unspecified atom stereocenters. The Kier molecular flexibility index (Phi) is 9.43. The third-order valence-corrected chi connectivity index (χ3v) is 7.45. The maximum atomic E-state index is 12.3. The second-order valence-corrected chi connectivity index (χ2v) is 10.6. The number of hydrogen-bond acceptors (Lipinski definition) is 3. The molecule has 5 nitrogen and oxygen atoms in total. The number of carbonyl (C=O) groups excluding carboxylic acids is 1. The van der Waals surface area contributed by atoms with Crippen molar-refractivity contribution in [1.29, 1.82) is 0 Å². The van der Waals surface area contributed by atoms with Gasteiger partial charge in [-0.3, -0.25) is 4.79 Å². The molecule has 2 aromatic carbocycles. The van der Waals surface area contributed by atoms with E-state index in [4.69, 9.17) is 9.72 Å². The minimum atomic E-state index is 0.247. The molecule has 1 aliphatic carbocycles. The number of hydrogen-bond donors (Lipinski definition) is 1. The van der Waals surface area contributed by atoms with Crippen LogP contribution < -0.4 is 10.1 Å². The van der Waals surface area contributed by atoms with Gasteiger partial charge in [0.2, 0.25) is 5.91 Å². The Bertz CT molecular complexity index is 1130. The first-order chi connectivity index (χ1) is 17.5. The summed E-state index contributed by atoms with van der Waals surface area (Å²) in [5, 5.41) is 3.17. The summed E-state index contributed by atoms with van der Waals surface area (Å²) in [5.74, 6) is 3.06. The molecule has 0 atom stereocenters. The Labute approximate surface area is 216 Å². The van der Waals surface area contributed by atoms with Crippen molar-refractivity contribution in [2.45, 2.75) is 91.0 Å². The molecule has 0 radical (unpaired) electrons. The highest BCUT2D eigenvalue weighted by atomic mass is 16.5. The van der Waals surface area contributed by atoms with Crippen LogP contribution in [0.1, 0.15) is 88.1 Å². The predicted molar refractivity (Wildman–Crippen MR) is 148 cm³/mol. The molecule has 0 aliphatic heterocycles. The van der Waals surface area contributed by atoms with Crippen LogP contribution in [0.15, 0.2) is 42.5 Å². The number of carbonyl (C=O) groups is 1. The molecule has 5 heteroatoms. The molecule has 0 bridgehead atoms. The number of rotatable bonds is 12. The molecule has 1 heterocycles. The zero-order valence-electron chi connectivity index (χ0n) is 22.4. The van der Waals surface area contributed by atoms with Crippen LogP contribution >= 0.6 is 0 Å². The Morgan fingerprint density at radius 2 is 1.89 bits per heavy atom. The molecule has 1 N–H and O–H groups in total. The van der Waals surface area contributed by atoms with E-state index >= 15 is 0 Å². The second kappa shape index (κ2) is 12.9. The van der Waals surface area contributed by atoms with Gasteiger partial charge in [-0.25, -0.2) is 4.98 Å². The molecule has 4 rings (SSSR count). The van der Waals surface area contributed by atoms with Gasteiger partial charge in [-0.2, -0.15) is 0 Å². The van der Waals surface area contributed by atoms with Gasteiger partial charge in [0.1, 0.15) is 18.2 Å². The minimum absolute atomic E-state index is 0.247. The monoisotopic (exact) mass is 489 g/mol. The van der Waals surface area contributed by atoms with Gasteiger partial charge in [0.05, 0.1) is 17.6 Å². The largest absolute Gasteiger partial charge is 0.491 e. The fourth-order valence-electron chi connectivity index (χ4n) is 5.36. The highest BCUT2D eigenvalue weighted by Crippen LogP contribution is 2.28. The topological polar surface area (TPSA) is 56.1 Å². The van der Waals surface area contributed by atoms with Gasteiger partial charge in [-0.05, 0) is 67.9 Å². The van der Waals surface area contributed by atoms with Gasteiger partial charge < -0.3 is 14.6 Å². The highest BCUT2D eigenvalue weighted by Gasteiger charge is 2.20. The van der Waals surface area contributed by atoms with Gasteiger partial charge in [-0.15, -0.1) is 0 Å². The molecule has 1 aromatic heterocycles. The van der Waals surface area contributed by atoms with Crippen LogP contribution in [0.4, 0.5) is 0 Å². The minimum Gasteiger partial charge on any atom is -0.491 e. The van der Waals surface area contributed by atoms with E-state index in [1.54, 1.807) is 0 Å². The van der Waals surface area contributed by atoms with Crippen molar-refractivity contribution >= 4 is 16.9 Å². The van der Waals surface area contributed by atoms with Crippen molar-refractivity contribution < 1.29 is 9.53 Å². The summed E-state index contributed by atoms with van der Waals surface area (Å²) in [6.45, 7) is 8.71. The highest BCUT2D eigenvalue weighted by molar-refractivity contribution is 5.78. The molecule has 0 saturated heterocycles. The molecule has 1 amide bonds. The van der Waals surface area contributed by atoms with Gasteiger partial charge in [0.15, 0.2) is 0 Å². The zero-order valence-corrected chi connectivity index (χ0v) is 22.4. The third-order valence-electron chi connectivity index (χ3n) is 7.45. The normalized spacial score (nSPS) is 14.4. The van der Waals surface area contributed by atoms with Crippen LogP contribution in [0.3, 0.4) is 0 Å². The summed E-state index contributed by atoms with van der Waals surface area (Å²) in [7, 11) is 0. The summed E-state index contributed by atoms with van der Waals surface area (Å²) in [6, 6.07) is 14.9. The van der Waals surface area contributed by atoms with E-state index in [1.165, 1.54) is 35.9 Å². The number of fused-ring (bicyclic) bond motifs is 1. The van der Waals surface area contributed by atoms with Crippen LogP contribution in [0, 0.1) is 12.8 Å². The van der Waals surface area contributed by atoms with E-state index in [1.807, 2.05) is 0 Å². The van der Waals surface area contributed by atoms with Gasteiger partial charge >= 0.3 is 0 Å². The average Bonchev–Trinajstić information content (AvgIpc) is 3.23. The lowest BCUT2D eigenvalue weighted by Crippen LogP contribution is -2.32. The molecule has 194 valence electrons. The van der Waals surface area contributed by atoms with Gasteiger partial charge in [0, 0.05) is 18.9 Å². The molecular formula is C31H43N3O2. The Hall–Kier alpha value is -2.82. The van der Waals surface area contributed by atoms with Crippen molar-refractivity contribution in [3.8, 4) is 5.75 Å². The number of nitrogens with one attached hydrogen (secondary N) is 1. The molecule has 3 aromatic rings. The van der Waals surface area contributed by atoms with E-state index < -0.39 is 0 Å². The quantitative estimate of drug-likeness (QED) is 0.280. The molecule has 1 saturated carbocycles. The van der Waals surface area contributed by atoms with Gasteiger partial charge in [0.25, 0.3) is 0 Å². The fraction of sp³-hybridized carbons (Fsp3) is 0.548. The molecule has 0 spiro atoms. The van der Waals surface area contributed by atoms with Crippen LogP contribution in [0.2, 0.25) is 0 Å². The van der Waals surface area contributed by atoms with E-state index in [0.29, 0.717) is 12.5 Å². The number of aromatic nitrogens is 2. The maximum Gasteiger partial charge on any atom is 0.223 e. The zero-order chi connectivity index (χ0) is 25.3. The first-order valence-electron chi connectivity index (χ1n) is 14.0. The summed E-state index contributed by atoms with van der Waals surface area (Å²) < 4.78 is 8.62. The number of aryl methyl sites for hydroxylation is 2. The average molecular weight is 490 g/mol. The SMILES string of the molecule is Cc1ccc(C(C)C)c(OCCn2c(CCCCCNC(=O)C3CCCCC3)nc3ccccc32)c1. The van der Waals surface area contributed by atoms with E-state index in [9.17, 15) is 4.79 Å². The van der Waals surface area contributed by atoms with E-state index in [2.05, 4.69) is 73.1 Å². The number of nitrogens with zero attached hydrogens (tertiary/aromatic N) is 2. The number of ether oxygens (including phenoxy) is 1. The number of para-hydroxylation sites is 2. The van der Waals surface area contributed by atoms with Crippen molar-refractivity contribution in [2.75, 3.05) is 13.2 Å². The second-order valence-electron chi connectivity index (χ2n) is 10.6. The Morgan fingerprint density at radius 1 is 1.08 bits per heavy atom. The third kappa shape index (κ3) is 6.89. The number of unbranched alkanes of at least 4 members (excludes halogenated alkanes) is 2. The lowest BCUT2D eigenvalue weighted by molar-refractivity contribution is -0.125. The molecule has 1 aliphatic rings. The lowest BCUT2D eigenvalue weighted by Gasteiger charge is -2.20. The lowest BCUT2D eigenvalue weighted by atomic mass is 9.89. The molecule has 36 heavy (non-hydrogen) atoms. The summed E-state index contributed by atoms with van der Waals surface area (Å²) in [6.07, 6.45) is 9.93. The fourth-order valence-corrected chi connectivity index (χ4v) is 5.36. The predicted octanol–water partition coefficient (Wildman–Crippen LogP) is 6.96.